The van der Waals surface area contributed by atoms with Crippen LogP contribution in [0.3, 0.4) is 0 Å². The lowest BCUT2D eigenvalue weighted by Crippen LogP contribution is -2.29. The third kappa shape index (κ3) is 4.59. The Morgan fingerprint density at radius 2 is 1.84 bits per heavy atom. The van der Waals surface area contributed by atoms with Crippen molar-refractivity contribution in [3.63, 3.8) is 0 Å². The molecule has 0 spiro atoms. The van der Waals surface area contributed by atoms with E-state index in [2.05, 4.69) is 36.2 Å². The molecule has 0 saturated carbocycles. The normalized spacial score (nSPS) is 15.4. The van der Waals surface area contributed by atoms with Crippen LogP contribution in [-0.4, -0.2) is 36.8 Å². The van der Waals surface area contributed by atoms with Crippen molar-refractivity contribution in [2.24, 2.45) is 5.92 Å². The van der Waals surface area contributed by atoms with Crippen LogP contribution in [0.25, 0.3) is 16.0 Å². The lowest BCUT2D eigenvalue weighted by atomic mass is 9.96. The van der Waals surface area contributed by atoms with Crippen LogP contribution in [0.2, 0.25) is 0 Å². The van der Waals surface area contributed by atoms with E-state index in [1.807, 2.05) is 52.9 Å². The average molecular weight is 545 g/mol. The molecule has 0 N–H and O–H groups in total. The molecule has 0 amide bonds. The zero-order chi connectivity index (χ0) is 26.2. The molecule has 1 aliphatic heterocycles. The van der Waals surface area contributed by atoms with Crippen molar-refractivity contribution in [3.05, 3.63) is 92.6 Å². The fourth-order valence-corrected chi connectivity index (χ4v) is 7.06. The average Bonchev–Trinajstić information content (AvgIpc) is 3.54. The van der Waals surface area contributed by atoms with Crippen LogP contribution in [0.4, 0.5) is 0 Å². The highest BCUT2D eigenvalue weighted by molar-refractivity contribution is 7.99. The maximum absolute atomic E-state index is 14.0. The molecule has 0 fully saturated rings. The van der Waals surface area contributed by atoms with E-state index in [0.29, 0.717) is 48.4 Å². The van der Waals surface area contributed by atoms with Gasteiger partial charge in [-0.05, 0) is 23.5 Å². The van der Waals surface area contributed by atoms with Gasteiger partial charge < -0.3 is 4.74 Å². The molecule has 0 radical (unpaired) electrons. The van der Waals surface area contributed by atoms with Gasteiger partial charge in [-0.2, -0.15) is 0 Å². The van der Waals surface area contributed by atoms with Crippen LogP contribution in [0, 0.1) is 5.92 Å². The van der Waals surface area contributed by atoms with Crippen LogP contribution in [0.15, 0.2) is 70.6 Å². The number of fused-ring (bicyclic) bond motifs is 5. The highest BCUT2D eigenvalue weighted by atomic mass is 32.2. The molecule has 6 rings (SSSR count). The molecule has 1 aliphatic rings. The van der Waals surface area contributed by atoms with Gasteiger partial charge in [-0.15, -0.1) is 21.5 Å². The number of Topliss-reactive ketones (excluding diaryl/α,β-unsaturated/α-hetero) is 1. The Bertz CT molecular complexity index is 1670. The number of nitrogens with zero attached hydrogens (tertiary/aromatic N) is 4. The summed E-state index contributed by atoms with van der Waals surface area (Å²) in [5.41, 5.74) is 2.87. The van der Waals surface area contributed by atoms with Gasteiger partial charge in [0.05, 0.1) is 23.8 Å². The molecular formula is C29H28N4O3S2. The third-order valence-corrected chi connectivity index (χ3v) is 9.18. The summed E-state index contributed by atoms with van der Waals surface area (Å²) in [7, 11) is 0. The third-order valence-electron chi connectivity index (χ3n) is 7.06. The highest BCUT2D eigenvalue weighted by Gasteiger charge is 2.30. The number of rotatable bonds is 8. The molecule has 1 unspecified atom stereocenters. The second kappa shape index (κ2) is 10.5. The Balaban J connectivity index is 1.45. The SMILES string of the molecule is CC(C)C1Cc2c(sc3c2c(=O)n(CCc2ccccc2)c2nnc(SCC(=O)c4ccccc4)n32)CO1. The molecule has 7 nitrogen and oxygen atoms in total. The van der Waals surface area contributed by atoms with E-state index in [1.165, 1.54) is 11.8 Å². The van der Waals surface area contributed by atoms with Gasteiger partial charge in [0, 0.05) is 23.4 Å². The minimum atomic E-state index is -0.0327. The van der Waals surface area contributed by atoms with Gasteiger partial charge in [0.1, 0.15) is 4.83 Å². The molecule has 38 heavy (non-hydrogen) atoms. The van der Waals surface area contributed by atoms with E-state index >= 15 is 0 Å². The Morgan fingerprint density at radius 3 is 2.58 bits per heavy atom. The quantitative estimate of drug-likeness (QED) is 0.192. The summed E-state index contributed by atoms with van der Waals surface area (Å²) in [6.45, 7) is 5.29. The lowest BCUT2D eigenvalue weighted by molar-refractivity contribution is 0.00200. The maximum atomic E-state index is 14.0. The van der Waals surface area contributed by atoms with Crippen molar-refractivity contribution >= 4 is 44.9 Å². The van der Waals surface area contributed by atoms with E-state index < -0.39 is 0 Å². The summed E-state index contributed by atoms with van der Waals surface area (Å²) in [5.74, 6) is 1.12. The van der Waals surface area contributed by atoms with Gasteiger partial charge in [0.2, 0.25) is 5.78 Å². The van der Waals surface area contributed by atoms with Crippen molar-refractivity contribution in [1.29, 1.82) is 0 Å². The first kappa shape index (κ1) is 25.0. The summed E-state index contributed by atoms with van der Waals surface area (Å²) in [4.78, 5) is 28.8. The summed E-state index contributed by atoms with van der Waals surface area (Å²) in [6, 6.07) is 19.4. The van der Waals surface area contributed by atoms with Crippen LogP contribution in [0.5, 0.6) is 0 Å². The Labute approximate surface area is 228 Å². The van der Waals surface area contributed by atoms with Crippen molar-refractivity contribution in [1.82, 2.24) is 19.2 Å². The van der Waals surface area contributed by atoms with E-state index in [4.69, 9.17) is 4.74 Å². The molecule has 4 heterocycles. The zero-order valence-electron chi connectivity index (χ0n) is 21.3. The second-order valence-electron chi connectivity index (χ2n) is 9.87. The number of carbonyl (C=O) groups excluding carboxylic acids is 1. The van der Waals surface area contributed by atoms with Gasteiger partial charge in [-0.25, -0.2) is 4.40 Å². The van der Waals surface area contributed by atoms with Gasteiger partial charge in [0.15, 0.2) is 10.9 Å². The van der Waals surface area contributed by atoms with Crippen LogP contribution in [0.1, 0.15) is 40.2 Å². The number of hydrogen-bond donors (Lipinski definition) is 0. The van der Waals surface area contributed by atoms with Crippen molar-refractivity contribution in [3.8, 4) is 0 Å². The predicted molar refractivity (Wildman–Crippen MR) is 151 cm³/mol. The molecule has 0 aliphatic carbocycles. The maximum Gasteiger partial charge on any atom is 0.263 e. The molecule has 5 aromatic rings. The number of thiophene rings is 1. The zero-order valence-corrected chi connectivity index (χ0v) is 22.9. The van der Waals surface area contributed by atoms with Crippen molar-refractivity contribution in [2.75, 3.05) is 5.75 Å². The first-order valence-electron chi connectivity index (χ1n) is 12.8. The van der Waals surface area contributed by atoms with Crippen molar-refractivity contribution in [2.45, 2.75) is 51.1 Å². The summed E-state index contributed by atoms with van der Waals surface area (Å²) < 4.78 is 9.85. The topological polar surface area (TPSA) is 78.5 Å². The summed E-state index contributed by atoms with van der Waals surface area (Å²) in [6.07, 6.45) is 1.49. The molecule has 194 valence electrons. The molecule has 9 heteroatoms. The highest BCUT2D eigenvalue weighted by Crippen LogP contribution is 2.37. The van der Waals surface area contributed by atoms with E-state index in [0.717, 1.165) is 26.2 Å². The molecule has 1 atom stereocenters. The summed E-state index contributed by atoms with van der Waals surface area (Å²) in [5, 5.41) is 10.3. The number of benzene rings is 2. The van der Waals surface area contributed by atoms with Crippen LogP contribution in [-0.2, 0) is 30.7 Å². The first-order chi connectivity index (χ1) is 18.5. The Kier molecular flexibility index (Phi) is 6.90. The van der Waals surface area contributed by atoms with Gasteiger partial charge in [-0.3, -0.25) is 14.2 Å². The minimum Gasteiger partial charge on any atom is -0.372 e. The second-order valence-corrected chi connectivity index (χ2v) is 11.9. The fourth-order valence-electron chi connectivity index (χ4n) is 4.94. The molecule has 0 bridgehead atoms. The van der Waals surface area contributed by atoms with E-state index in [-0.39, 0.29) is 23.2 Å². The number of ether oxygens (including phenoxy) is 1. The van der Waals surface area contributed by atoms with Crippen LogP contribution < -0.4 is 5.56 Å². The van der Waals surface area contributed by atoms with Gasteiger partial charge in [-0.1, -0.05) is 86.3 Å². The fraction of sp³-hybridized carbons (Fsp3) is 0.310. The Hall–Kier alpha value is -3.27. The number of carbonyl (C=O) groups is 1. The monoisotopic (exact) mass is 544 g/mol. The number of thioether (sulfide) groups is 1. The molecule has 0 saturated heterocycles. The van der Waals surface area contributed by atoms with Crippen LogP contribution >= 0.6 is 23.1 Å². The standard InChI is InChI=1S/C29H28N4O3S2/c1-18(2)23-15-21-24(16-36-23)38-27-25(21)26(35)32(14-13-19-9-5-3-6-10-19)28-30-31-29(33(27)28)37-17-22(34)20-11-7-4-8-12-20/h3-12,18,23H,13-17H2,1-2H3. The minimum absolute atomic E-state index is 0.0274. The molecular weight excluding hydrogens is 516 g/mol. The smallest absolute Gasteiger partial charge is 0.263 e. The van der Waals surface area contributed by atoms with E-state index in [9.17, 15) is 9.59 Å². The van der Waals surface area contributed by atoms with Gasteiger partial charge in [0.25, 0.3) is 5.56 Å². The first-order valence-corrected chi connectivity index (χ1v) is 14.6. The number of hydrogen-bond acceptors (Lipinski definition) is 7. The number of aryl methyl sites for hydroxylation is 2. The largest absolute Gasteiger partial charge is 0.372 e. The number of aromatic nitrogens is 4. The Morgan fingerprint density at radius 1 is 1.11 bits per heavy atom. The predicted octanol–water partition coefficient (Wildman–Crippen LogP) is 5.42. The van der Waals surface area contributed by atoms with Gasteiger partial charge >= 0.3 is 0 Å². The molecule has 3 aromatic heterocycles. The lowest BCUT2D eigenvalue weighted by Gasteiger charge is -2.26. The summed E-state index contributed by atoms with van der Waals surface area (Å²) >= 11 is 2.93. The molecule has 2 aromatic carbocycles. The van der Waals surface area contributed by atoms with Crippen molar-refractivity contribution < 1.29 is 9.53 Å². The van der Waals surface area contributed by atoms with E-state index in [1.54, 1.807) is 15.9 Å². The number of ketones is 1.